The topological polar surface area (TPSA) is 0 Å². The summed E-state index contributed by atoms with van der Waals surface area (Å²) in [6, 6.07) is 0. The van der Waals surface area contributed by atoms with E-state index in [0.29, 0.717) is 0 Å². The van der Waals surface area contributed by atoms with Gasteiger partial charge in [-0.15, -0.1) is 6.58 Å². The van der Waals surface area contributed by atoms with Crippen LogP contribution in [0.25, 0.3) is 0 Å². The molecule has 0 atom stereocenters. The van der Waals surface area contributed by atoms with E-state index in [2.05, 4.69) is 50.0 Å². The van der Waals surface area contributed by atoms with Crippen molar-refractivity contribution in [3.8, 4) is 0 Å². The van der Waals surface area contributed by atoms with Crippen LogP contribution < -0.4 is 0 Å². The van der Waals surface area contributed by atoms with E-state index in [4.69, 9.17) is 0 Å². The van der Waals surface area contributed by atoms with Gasteiger partial charge in [0, 0.05) is 0 Å². The molecule has 17 heavy (non-hydrogen) atoms. The maximum Gasteiger partial charge on any atom is -0.0169 e. The highest BCUT2D eigenvalue weighted by atomic mass is 13.9. The Kier molecular flexibility index (Phi) is 14.0. The second-order valence-electron chi connectivity index (χ2n) is 4.22. The Morgan fingerprint density at radius 1 is 0.706 bits per heavy atom. The Bertz CT molecular complexity index is 230. The van der Waals surface area contributed by atoms with Crippen molar-refractivity contribution in [3.05, 3.63) is 49.1 Å². The summed E-state index contributed by atoms with van der Waals surface area (Å²) in [6.45, 7) is 5.89. The Balaban J connectivity index is 3.24. The van der Waals surface area contributed by atoms with Crippen LogP contribution in [-0.2, 0) is 0 Å². The molecule has 0 rings (SSSR count). The zero-order valence-electron chi connectivity index (χ0n) is 11.4. The van der Waals surface area contributed by atoms with Crippen LogP contribution in [0.2, 0.25) is 0 Å². The van der Waals surface area contributed by atoms with E-state index in [-0.39, 0.29) is 0 Å². The van der Waals surface area contributed by atoms with E-state index in [1.165, 1.54) is 25.7 Å². The molecule has 96 valence electrons. The van der Waals surface area contributed by atoms with Gasteiger partial charge in [0.25, 0.3) is 0 Å². The first-order chi connectivity index (χ1) is 8.41. The molecule has 0 amide bonds. The molecular formula is C17H28. The molecule has 0 unspecified atom stereocenters. The fraction of sp³-hybridized carbons (Fsp3) is 0.529. The Hall–Kier alpha value is -1.04. The lowest BCUT2D eigenvalue weighted by Crippen LogP contribution is -1.74. The largest absolute Gasteiger partial charge is 0.103 e. The smallest absolute Gasteiger partial charge is 0.0169 e. The average Bonchev–Trinajstić information content (AvgIpc) is 2.35. The predicted octanol–water partition coefficient (Wildman–Crippen LogP) is 5.98. The lowest BCUT2D eigenvalue weighted by molar-refractivity contribution is 0.696. The van der Waals surface area contributed by atoms with Crippen molar-refractivity contribution in [2.75, 3.05) is 0 Å². The van der Waals surface area contributed by atoms with Crippen molar-refractivity contribution in [2.45, 2.75) is 58.3 Å². The van der Waals surface area contributed by atoms with Crippen molar-refractivity contribution in [3.63, 3.8) is 0 Å². The maximum absolute atomic E-state index is 3.73. The molecule has 0 radical (unpaired) electrons. The van der Waals surface area contributed by atoms with Gasteiger partial charge in [0.05, 0.1) is 0 Å². The Morgan fingerprint density at radius 3 is 1.94 bits per heavy atom. The molecule has 0 aliphatic heterocycles. The van der Waals surface area contributed by atoms with Gasteiger partial charge in [0.2, 0.25) is 0 Å². The number of hydrogen-bond acceptors (Lipinski definition) is 0. The number of allylic oxidation sites excluding steroid dienone is 7. The van der Waals surface area contributed by atoms with Crippen LogP contribution >= 0.6 is 0 Å². The van der Waals surface area contributed by atoms with E-state index in [0.717, 1.165) is 25.7 Å². The van der Waals surface area contributed by atoms with Gasteiger partial charge >= 0.3 is 0 Å². The van der Waals surface area contributed by atoms with E-state index < -0.39 is 0 Å². The summed E-state index contributed by atoms with van der Waals surface area (Å²) in [5.74, 6) is 0. The molecule has 0 aliphatic rings. The lowest BCUT2D eigenvalue weighted by Gasteiger charge is -1.94. The number of rotatable bonds is 11. The third-order valence-corrected chi connectivity index (χ3v) is 2.56. The van der Waals surface area contributed by atoms with Gasteiger partial charge in [-0.1, -0.05) is 55.9 Å². The van der Waals surface area contributed by atoms with Crippen molar-refractivity contribution in [1.29, 1.82) is 0 Å². The van der Waals surface area contributed by atoms with Crippen molar-refractivity contribution >= 4 is 0 Å². The van der Waals surface area contributed by atoms with Crippen LogP contribution in [0.3, 0.4) is 0 Å². The van der Waals surface area contributed by atoms with Gasteiger partial charge in [-0.25, -0.2) is 0 Å². The Morgan fingerprint density at radius 2 is 1.29 bits per heavy atom. The van der Waals surface area contributed by atoms with Crippen LogP contribution in [0.5, 0.6) is 0 Å². The van der Waals surface area contributed by atoms with E-state index in [1.807, 2.05) is 6.08 Å². The summed E-state index contributed by atoms with van der Waals surface area (Å²) in [5.41, 5.74) is 0. The molecule has 0 saturated heterocycles. The molecule has 0 bridgehead atoms. The zero-order valence-corrected chi connectivity index (χ0v) is 11.4. The number of unbranched alkanes of at least 4 members (excludes halogenated alkanes) is 4. The molecule has 0 aromatic carbocycles. The molecule has 0 fully saturated rings. The molecular weight excluding hydrogens is 204 g/mol. The average molecular weight is 232 g/mol. The van der Waals surface area contributed by atoms with Crippen molar-refractivity contribution in [1.82, 2.24) is 0 Å². The van der Waals surface area contributed by atoms with Gasteiger partial charge < -0.3 is 0 Å². The quantitative estimate of drug-likeness (QED) is 0.303. The highest BCUT2D eigenvalue weighted by Gasteiger charge is 1.84. The molecule has 0 saturated carbocycles. The minimum Gasteiger partial charge on any atom is -0.103 e. The van der Waals surface area contributed by atoms with Gasteiger partial charge in [0.15, 0.2) is 0 Å². The maximum atomic E-state index is 3.73. The first-order valence-electron chi connectivity index (χ1n) is 6.97. The summed E-state index contributed by atoms with van der Waals surface area (Å²) >= 11 is 0. The minimum absolute atomic E-state index is 1.07. The fourth-order valence-corrected chi connectivity index (χ4v) is 1.55. The van der Waals surface area contributed by atoms with Crippen molar-refractivity contribution < 1.29 is 0 Å². The highest BCUT2D eigenvalue weighted by Crippen LogP contribution is 2.04. The standard InChI is InChI=1S/C17H28/c1-3-5-7-9-11-13-15-17-16-14-12-10-8-6-4-2/h3,6,8,12,14-15,17H,1,4-5,7,9-11,13,16H2,2H3/b8-6?,14-12-,17-15-. The summed E-state index contributed by atoms with van der Waals surface area (Å²) in [7, 11) is 0. The molecule has 0 spiro atoms. The first kappa shape index (κ1) is 16.0. The summed E-state index contributed by atoms with van der Waals surface area (Å²) in [4.78, 5) is 0. The third kappa shape index (κ3) is 15.0. The fourth-order valence-electron chi connectivity index (χ4n) is 1.55. The van der Waals surface area contributed by atoms with E-state index >= 15 is 0 Å². The summed E-state index contributed by atoms with van der Waals surface area (Å²) < 4.78 is 0. The lowest BCUT2D eigenvalue weighted by atomic mass is 10.1. The molecule has 0 aromatic rings. The SMILES string of the molecule is C=CCCCCC/C=C\C/C=C\CC=CCC. The van der Waals surface area contributed by atoms with Gasteiger partial charge in [0.1, 0.15) is 0 Å². The van der Waals surface area contributed by atoms with Gasteiger partial charge in [-0.3, -0.25) is 0 Å². The molecule has 0 aliphatic carbocycles. The molecule has 0 aromatic heterocycles. The second-order valence-corrected chi connectivity index (χ2v) is 4.22. The first-order valence-corrected chi connectivity index (χ1v) is 6.97. The molecule has 0 nitrogen and oxygen atoms in total. The third-order valence-electron chi connectivity index (χ3n) is 2.56. The van der Waals surface area contributed by atoms with Crippen LogP contribution in [-0.4, -0.2) is 0 Å². The normalized spacial score (nSPS) is 12.1. The van der Waals surface area contributed by atoms with Crippen LogP contribution in [0.15, 0.2) is 49.1 Å². The van der Waals surface area contributed by atoms with Crippen molar-refractivity contribution in [2.24, 2.45) is 0 Å². The monoisotopic (exact) mass is 232 g/mol. The van der Waals surface area contributed by atoms with Crippen LogP contribution in [0.4, 0.5) is 0 Å². The molecule has 0 heteroatoms. The van der Waals surface area contributed by atoms with Gasteiger partial charge in [-0.2, -0.15) is 0 Å². The minimum atomic E-state index is 1.07. The predicted molar refractivity (Wildman–Crippen MR) is 80.2 cm³/mol. The van der Waals surface area contributed by atoms with E-state index in [9.17, 15) is 0 Å². The summed E-state index contributed by atoms with van der Waals surface area (Å²) in [6.07, 6.45) is 25.1. The molecule has 0 N–H and O–H groups in total. The highest BCUT2D eigenvalue weighted by molar-refractivity contribution is 4.96. The Labute approximate surface area is 108 Å². The number of hydrogen-bond donors (Lipinski definition) is 0. The second kappa shape index (κ2) is 15.0. The molecule has 0 heterocycles. The zero-order chi connectivity index (χ0) is 12.6. The van der Waals surface area contributed by atoms with Gasteiger partial charge in [-0.05, 0) is 44.9 Å². The van der Waals surface area contributed by atoms with Crippen LogP contribution in [0, 0.1) is 0 Å². The van der Waals surface area contributed by atoms with E-state index in [1.54, 1.807) is 0 Å². The summed E-state index contributed by atoms with van der Waals surface area (Å²) in [5, 5.41) is 0. The van der Waals surface area contributed by atoms with Crippen LogP contribution in [0.1, 0.15) is 58.3 Å².